The largest absolute Gasteiger partial charge is 0.484 e. The van der Waals surface area contributed by atoms with Gasteiger partial charge in [-0.15, -0.1) is 0 Å². The summed E-state index contributed by atoms with van der Waals surface area (Å²) in [7, 11) is -3.59. The average Bonchev–Trinajstić information content (AvgIpc) is 3.29. The first kappa shape index (κ1) is 23.8. The number of carbonyl (C=O) groups excluding carboxylic acids is 1. The molecular formula is C22H20BrClN2O6S. The summed E-state index contributed by atoms with van der Waals surface area (Å²) >= 11 is 9.46. The molecule has 1 fully saturated rings. The van der Waals surface area contributed by atoms with Crippen molar-refractivity contribution in [3.05, 3.63) is 75.6 Å². The van der Waals surface area contributed by atoms with Crippen LogP contribution in [0.1, 0.15) is 16.3 Å². The van der Waals surface area contributed by atoms with Gasteiger partial charge >= 0.3 is 0 Å². The predicted molar refractivity (Wildman–Crippen MR) is 126 cm³/mol. The fraction of sp³-hybridized carbons (Fsp3) is 0.227. The molecule has 1 amide bonds. The van der Waals surface area contributed by atoms with E-state index in [2.05, 4.69) is 21.2 Å². The van der Waals surface area contributed by atoms with Crippen LogP contribution in [0.3, 0.4) is 0 Å². The van der Waals surface area contributed by atoms with Gasteiger partial charge in [-0.3, -0.25) is 4.79 Å². The zero-order valence-electron chi connectivity index (χ0n) is 17.3. The first-order valence-electron chi connectivity index (χ1n) is 9.99. The summed E-state index contributed by atoms with van der Waals surface area (Å²) in [6, 6.07) is 14.4. The average molecular weight is 556 g/mol. The second kappa shape index (κ2) is 10.3. The number of furan rings is 1. The van der Waals surface area contributed by atoms with Gasteiger partial charge in [-0.25, -0.2) is 8.42 Å². The van der Waals surface area contributed by atoms with Gasteiger partial charge in [0.2, 0.25) is 10.0 Å². The molecule has 0 radical (unpaired) electrons. The van der Waals surface area contributed by atoms with Crippen molar-refractivity contribution in [1.82, 2.24) is 4.31 Å². The van der Waals surface area contributed by atoms with Crippen molar-refractivity contribution < 1.29 is 27.1 Å². The predicted octanol–water partition coefficient (Wildman–Crippen LogP) is 4.55. The normalized spacial score (nSPS) is 14.7. The SMILES string of the molecule is O=C(Nc1ccc(S(=O)(=O)N2CCOCC2)cc1)c1ccc(COc2ccc(Br)cc2Cl)o1. The number of carbonyl (C=O) groups is 1. The van der Waals surface area contributed by atoms with Crippen LogP contribution < -0.4 is 10.1 Å². The summed E-state index contributed by atoms with van der Waals surface area (Å²) in [5.41, 5.74) is 0.441. The van der Waals surface area contributed by atoms with Gasteiger partial charge in [-0.05, 0) is 54.6 Å². The standard InChI is InChI=1S/C22H20BrClN2O6S/c23-15-1-7-20(19(24)13-15)31-14-17-4-8-21(32-17)22(27)25-16-2-5-18(6-3-16)33(28,29)26-9-11-30-12-10-26/h1-8,13H,9-12,14H2,(H,25,27). The van der Waals surface area contributed by atoms with Crippen molar-refractivity contribution in [3.63, 3.8) is 0 Å². The monoisotopic (exact) mass is 554 g/mol. The van der Waals surface area contributed by atoms with E-state index in [1.807, 2.05) is 0 Å². The maximum absolute atomic E-state index is 12.7. The van der Waals surface area contributed by atoms with Crippen molar-refractivity contribution in [2.45, 2.75) is 11.5 Å². The van der Waals surface area contributed by atoms with E-state index in [0.717, 1.165) is 4.47 Å². The minimum absolute atomic E-state index is 0.0977. The Morgan fingerprint density at radius 2 is 1.82 bits per heavy atom. The summed E-state index contributed by atoms with van der Waals surface area (Å²) in [4.78, 5) is 12.7. The van der Waals surface area contributed by atoms with Crippen LogP contribution >= 0.6 is 27.5 Å². The molecule has 0 unspecified atom stereocenters. The smallest absolute Gasteiger partial charge is 0.291 e. The fourth-order valence-electron chi connectivity index (χ4n) is 3.16. The number of amides is 1. The zero-order chi connectivity index (χ0) is 23.4. The van der Waals surface area contributed by atoms with E-state index in [1.165, 1.54) is 34.6 Å². The van der Waals surface area contributed by atoms with Gasteiger partial charge in [0.1, 0.15) is 18.1 Å². The number of nitrogens with one attached hydrogen (secondary N) is 1. The lowest BCUT2D eigenvalue weighted by molar-refractivity contribution is 0.0730. The van der Waals surface area contributed by atoms with Crippen molar-refractivity contribution in [3.8, 4) is 5.75 Å². The first-order chi connectivity index (χ1) is 15.8. The third kappa shape index (κ3) is 5.77. The Bertz CT molecular complexity index is 1240. The van der Waals surface area contributed by atoms with Gasteiger partial charge in [0.05, 0.1) is 23.1 Å². The number of rotatable bonds is 7. The molecule has 174 valence electrons. The van der Waals surface area contributed by atoms with E-state index in [1.54, 1.807) is 24.3 Å². The molecule has 4 rings (SSSR count). The number of benzene rings is 2. The minimum atomic E-state index is -3.59. The second-order valence-electron chi connectivity index (χ2n) is 7.12. The Labute approximate surface area is 204 Å². The number of ether oxygens (including phenoxy) is 2. The quantitative estimate of drug-likeness (QED) is 0.459. The Hall–Kier alpha value is -2.37. The van der Waals surface area contributed by atoms with Crippen molar-refractivity contribution >= 4 is 49.1 Å². The minimum Gasteiger partial charge on any atom is -0.484 e. The van der Waals surface area contributed by atoms with Crippen LogP contribution in [0, 0.1) is 0 Å². The van der Waals surface area contributed by atoms with Crippen LogP contribution in [0.15, 0.2) is 68.4 Å². The number of nitrogens with zero attached hydrogens (tertiary/aromatic N) is 1. The molecular weight excluding hydrogens is 536 g/mol. The summed E-state index contributed by atoms with van der Waals surface area (Å²) in [6.07, 6.45) is 0. The molecule has 8 nitrogen and oxygen atoms in total. The molecule has 0 saturated carbocycles. The molecule has 2 aromatic carbocycles. The molecule has 1 aliphatic rings. The summed E-state index contributed by atoms with van der Waals surface area (Å²) in [5.74, 6) is 0.577. The van der Waals surface area contributed by atoms with Gasteiger partial charge in [0, 0.05) is 23.2 Å². The Morgan fingerprint density at radius 1 is 1.09 bits per heavy atom. The van der Waals surface area contributed by atoms with Crippen molar-refractivity contribution in [2.75, 3.05) is 31.6 Å². The lowest BCUT2D eigenvalue weighted by atomic mass is 10.3. The molecule has 33 heavy (non-hydrogen) atoms. The van der Waals surface area contributed by atoms with E-state index in [0.29, 0.717) is 48.5 Å². The molecule has 1 aliphatic heterocycles. The Balaban J connectivity index is 1.36. The molecule has 11 heteroatoms. The van der Waals surface area contributed by atoms with E-state index in [9.17, 15) is 13.2 Å². The summed E-state index contributed by atoms with van der Waals surface area (Å²) < 4.78 is 44.0. The lowest BCUT2D eigenvalue weighted by Crippen LogP contribution is -2.40. The molecule has 2 heterocycles. The van der Waals surface area contributed by atoms with Gasteiger partial charge in [0.15, 0.2) is 5.76 Å². The zero-order valence-corrected chi connectivity index (χ0v) is 20.5. The highest BCUT2D eigenvalue weighted by Crippen LogP contribution is 2.28. The second-order valence-corrected chi connectivity index (χ2v) is 10.4. The molecule has 1 aromatic heterocycles. The first-order valence-corrected chi connectivity index (χ1v) is 12.6. The molecule has 0 aliphatic carbocycles. The van der Waals surface area contributed by atoms with Crippen molar-refractivity contribution in [2.24, 2.45) is 0 Å². The number of halogens is 2. The highest BCUT2D eigenvalue weighted by atomic mass is 79.9. The maximum Gasteiger partial charge on any atom is 0.291 e. The number of anilines is 1. The fourth-order valence-corrected chi connectivity index (χ4v) is 5.29. The summed E-state index contributed by atoms with van der Waals surface area (Å²) in [5, 5.41) is 3.14. The van der Waals surface area contributed by atoms with E-state index < -0.39 is 15.9 Å². The van der Waals surface area contributed by atoms with Gasteiger partial charge in [-0.2, -0.15) is 4.31 Å². The van der Waals surface area contributed by atoms with E-state index in [-0.39, 0.29) is 17.3 Å². The molecule has 1 N–H and O–H groups in total. The van der Waals surface area contributed by atoms with E-state index in [4.69, 9.17) is 25.5 Å². The third-order valence-electron chi connectivity index (χ3n) is 4.87. The number of sulfonamides is 1. The van der Waals surface area contributed by atoms with Crippen LogP contribution in [0.2, 0.25) is 5.02 Å². The highest BCUT2D eigenvalue weighted by molar-refractivity contribution is 9.10. The molecule has 3 aromatic rings. The van der Waals surface area contributed by atoms with Gasteiger partial charge in [-0.1, -0.05) is 27.5 Å². The molecule has 1 saturated heterocycles. The topological polar surface area (TPSA) is 98.1 Å². The molecule has 0 atom stereocenters. The third-order valence-corrected chi connectivity index (χ3v) is 7.57. The van der Waals surface area contributed by atoms with Crippen LogP contribution in [-0.4, -0.2) is 44.9 Å². The van der Waals surface area contributed by atoms with Crippen LogP contribution in [-0.2, 0) is 21.4 Å². The Kier molecular flexibility index (Phi) is 7.40. The molecule has 0 bridgehead atoms. The number of morpholine rings is 1. The Morgan fingerprint density at radius 3 is 2.52 bits per heavy atom. The van der Waals surface area contributed by atoms with E-state index >= 15 is 0 Å². The van der Waals surface area contributed by atoms with Gasteiger partial charge < -0.3 is 19.2 Å². The van der Waals surface area contributed by atoms with Crippen LogP contribution in [0.25, 0.3) is 0 Å². The van der Waals surface area contributed by atoms with Crippen LogP contribution in [0.4, 0.5) is 5.69 Å². The highest BCUT2D eigenvalue weighted by Gasteiger charge is 2.26. The van der Waals surface area contributed by atoms with Crippen molar-refractivity contribution in [1.29, 1.82) is 0 Å². The van der Waals surface area contributed by atoms with Gasteiger partial charge in [0.25, 0.3) is 5.91 Å². The summed E-state index contributed by atoms with van der Waals surface area (Å²) in [6.45, 7) is 1.49. The number of hydrogen-bond acceptors (Lipinski definition) is 6. The van der Waals surface area contributed by atoms with Crippen LogP contribution in [0.5, 0.6) is 5.75 Å². The number of hydrogen-bond donors (Lipinski definition) is 1. The molecule has 0 spiro atoms. The maximum atomic E-state index is 12.7. The lowest BCUT2D eigenvalue weighted by Gasteiger charge is -2.26.